The van der Waals surface area contributed by atoms with Crippen molar-refractivity contribution < 1.29 is 0 Å². The highest BCUT2D eigenvalue weighted by Gasteiger charge is 2.17. The number of H-pyrrole nitrogens is 1. The molecule has 8 heteroatoms. The molecule has 28 heavy (non-hydrogen) atoms. The van der Waals surface area contributed by atoms with E-state index in [0.717, 1.165) is 0 Å². The Labute approximate surface area is 165 Å². The van der Waals surface area contributed by atoms with Crippen LogP contribution >= 0.6 is 11.6 Å². The first-order chi connectivity index (χ1) is 13.3. The second kappa shape index (κ2) is 6.76. The van der Waals surface area contributed by atoms with E-state index in [-0.39, 0.29) is 22.1 Å². The molecule has 0 unspecified atom stereocenters. The van der Waals surface area contributed by atoms with Crippen molar-refractivity contribution in [2.75, 3.05) is 0 Å². The van der Waals surface area contributed by atoms with Crippen molar-refractivity contribution in [1.29, 1.82) is 0 Å². The van der Waals surface area contributed by atoms with E-state index in [1.807, 2.05) is 33.2 Å². The van der Waals surface area contributed by atoms with Gasteiger partial charge in [-0.15, -0.1) is 0 Å². The van der Waals surface area contributed by atoms with Crippen LogP contribution in [0.1, 0.15) is 19.9 Å². The second-order valence-electron chi connectivity index (χ2n) is 6.88. The van der Waals surface area contributed by atoms with Gasteiger partial charge in [0.05, 0.1) is 5.39 Å². The molecule has 0 aliphatic heterocycles. The zero-order valence-corrected chi connectivity index (χ0v) is 16.4. The van der Waals surface area contributed by atoms with Gasteiger partial charge in [0.25, 0.3) is 5.56 Å². The molecule has 0 saturated carbocycles. The highest BCUT2D eigenvalue weighted by molar-refractivity contribution is 6.30. The van der Waals surface area contributed by atoms with Crippen LogP contribution in [0.2, 0.25) is 5.02 Å². The molecule has 0 aliphatic carbocycles. The van der Waals surface area contributed by atoms with Crippen LogP contribution in [-0.4, -0.2) is 24.3 Å². The summed E-state index contributed by atoms with van der Waals surface area (Å²) >= 11 is 6.22. The number of aromatic nitrogens is 5. The van der Waals surface area contributed by atoms with Crippen molar-refractivity contribution >= 4 is 22.6 Å². The van der Waals surface area contributed by atoms with Crippen molar-refractivity contribution in [2.24, 2.45) is 7.05 Å². The first-order valence-corrected chi connectivity index (χ1v) is 9.17. The number of aryl methyl sites for hydroxylation is 1. The quantitative estimate of drug-likeness (QED) is 0.576. The Morgan fingerprint density at radius 3 is 2.64 bits per heavy atom. The van der Waals surface area contributed by atoms with E-state index in [4.69, 9.17) is 11.6 Å². The smallest absolute Gasteiger partial charge is 0.269 e. The zero-order valence-electron chi connectivity index (χ0n) is 15.6. The first kappa shape index (κ1) is 18.2. The van der Waals surface area contributed by atoms with Crippen LogP contribution < -0.4 is 11.0 Å². The van der Waals surface area contributed by atoms with E-state index in [2.05, 4.69) is 15.1 Å². The number of hydrogen-bond donors (Lipinski definition) is 1. The number of nitrogens with zero attached hydrogens (tertiary/aromatic N) is 4. The van der Waals surface area contributed by atoms with Gasteiger partial charge >= 0.3 is 0 Å². The zero-order chi connectivity index (χ0) is 20.0. The molecule has 0 radical (unpaired) electrons. The van der Waals surface area contributed by atoms with Gasteiger partial charge in [0.2, 0.25) is 0 Å². The summed E-state index contributed by atoms with van der Waals surface area (Å²) in [5.74, 6) is 0. The number of pyridine rings is 3. The van der Waals surface area contributed by atoms with Gasteiger partial charge in [-0.25, -0.2) is 4.98 Å². The predicted octanol–water partition coefficient (Wildman–Crippen LogP) is 3.39. The third-order valence-corrected chi connectivity index (χ3v) is 4.84. The second-order valence-corrected chi connectivity index (χ2v) is 7.29. The van der Waals surface area contributed by atoms with Crippen molar-refractivity contribution in [3.05, 3.63) is 68.5 Å². The maximum atomic E-state index is 12.4. The highest BCUT2D eigenvalue weighted by atomic mass is 35.5. The van der Waals surface area contributed by atoms with E-state index in [1.165, 1.54) is 6.07 Å². The molecular weight excluding hydrogens is 378 g/mol. The van der Waals surface area contributed by atoms with Crippen LogP contribution in [0.3, 0.4) is 0 Å². The standard InChI is InChI=1S/C20H18ClN5O2/c1-11(2)26-10-12(8-15(21)20(26)28)13-9-14-17(27)4-6-22-19(14)23-18(13)16-5-7-25(3)24-16/h4-11H,1-3H3,(H,22,23,27). The molecule has 0 aromatic carbocycles. The van der Waals surface area contributed by atoms with Crippen LogP contribution in [0.5, 0.6) is 0 Å². The molecule has 0 bridgehead atoms. The fraction of sp³-hybridized carbons (Fsp3) is 0.200. The number of fused-ring (bicyclic) bond motifs is 1. The lowest BCUT2D eigenvalue weighted by Gasteiger charge is -2.15. The van der Waals surface area contributed by atoms with Crippen molar-refractivity contribution in [3.63, 3.8) is 0 Å². The van der Waals surface area contributed by atoms with Crippen LogP contribution in [0.25, 0.3) is 33.5 Å². The third kappa shape index (κ3) is 3.03. The van der Waals surface area contributed by atoms with Crippen LogP contribution in [0.15, 0.2) is 52.4 Å². The van der Waals surface area contributed by atoms with Gasteiger partial charge in [0, 0.05) is 48.9 Å². The first-order valence-electron chi connectivity index (χ1n) is 8.79. The van der Waals surface area contributed by atoms with E-state index in [9.17, 15) is 9.59 Å². The molecule has 0 spiro atoms. The Morgan fingerprint density at radius 1 is 1.18 bits per heavy atom. The summed E-state index contributed by atoms with van der Waals surface area (Å²) in [6, 6.07) is 6.61. The Balaban J connectivity index is 2.09. The number of aromatic amines is 1. The summed E-state index contributed by atoms with van der Waals surface area (Å²) in [6.45, 7) is 3.81. The molecule has 7 nitrogen and oxygen atoms in total. The van der Waals surface area contributed by atoms with Gasteiger partial charge in [-0.2, -0.15) is 5.10 Å². The summed E-state index contributed by atoms with van der Waals surface area (Å²) in [5, 5.41) is 5.02. The number of hydrogen-bond acceptors (Lipinski definition) is 4. The van der Waals surface area contributed by atoms with Gasteiger partial charge in [0.1, 0.15) is 22.1 Å². The van der Waals surface area contributed by atoms with Crippen molar-refractivity contribution in [3.8, 4) is 22.5 Å². The van der Waals surface area contributed by atoms with Crippen LogP contribution in [0.4, 0.5) is 0 Å². The number of nitrogens with one attached hydrogen (secondary N) is 1. The fourth-order valence-corrected chi connectivity index (χ4v) is 3.37. The van der Waals surface area contributed by atoms with E-state index >= 15 is 0 Å². The lowest BCUT2D eigenvalue weighted by molar-refractivity contribution is 0.579. The third-order valence-electron chi connectivity index (χ3n) is 4.57. The molecule has 4 rings (SSSR count). The maximum Gasteiger partial charge on any atom is 0.269 e. The Kier molecular flexibility index (Phi) is 4.39. The normalized spacial score (nSPS) is 11.5. The molecule has 142 valence electrons. The molecule has 4 heterocycles. The molecule has 0 amide bonds. The molecule has 4 aromatic heterocycles. The summed E-state index contributed by atoms with van der Waals surface area (Å²) < 4.78 is 3.25. The Hall–Kier alpha value is -3.19. The monoisotopic (exact) mass is 395 g/mol. The van der Waals surface area contributed by atoms with Gasteiger partial charge in [-0.3, -0.25) is 14.3 Å². The Bertz CT molecular complexity index is 1320. The predicted molar refractivity (Wildman–Crippen MR) is 110 cm³/mol. The topological polar surface area (TPSA) is 85.6 Å². The van der Waals surface area contributed by atoms with Crippen molar-refractivity contribution in [1.82, 2.24) is 24.3 Å². The molecular formula is C20H18ClN5O2. The highest BCUT2D eigenvalue weighted by Crippen LogP contribution is 2.32. The van der Waals surface area contributed by atoms with Crippen LogP contribution in [-0.2, 0) is 7.05 Å². The van der Waals surface area contributed by atoms with E-state index in [0.29, 0.717) is 33.5 Å². The maximum absolute atomic E-state index is 12.4. The Morgan fingerprint density at radius 2 is 1.96 bits per heavy atom. The summed E-state index contributed by atoms with van der Waals surface area (Å²) in [6.07, 6.45) is 5.13. The largest absolute Gasteiger partial charge is 0.346 e. The summed E-state index contributed by atoms with van der Waals surface area (Å²) in [5.41, 5.74) is 2.70. The minimum Gasteiger partial charge on any atom is -0.346 e. The average Bonchev–Trinajstić information content (AvgIpc) is 3.09. The van der Waals surface area contributed by atoms with Crippen LogP contribution in [0, 0.1) is 0 Å². The van der Waals surface area contributed by atoms with Gasteiger partial charge in [-0.05, 0) is 32.0 Å². The molecule has 0 atom stereocenters. The molecule has 4 aromatic rings. The summed E-state index contributed by atoms with van der Waals surface area (Å²) in [4.78, 5) is 32.4. The lowest BCUT2D eigenvalue weighted by atomic mass is 10.0. The molecule has 0 saturated heterocycles. The van der Waals surface area contributed by atoms with Crippen molar-refractivity contribution in [2.45, 2.75) is 19.9 Å². The number of halogens is 1. The molecule has 1 N–H and O–H groups in total. The minimum atomic E-state index is -0.258. The number of rotatable bonds is 3. The minimum absolute atomic E-state index is 0.0694. The van der Waals surface area contributed by atoms with Gasteiger partial charge < -0.3 is 9.55 Å². The van der Waals surface area contributed by atoms with Gasteiger partial charge in [-0.1, -0.05) is 11.6 Å². The lowest BCUT2D eigenvalue weighted by Crippen LogP contribution is -2.21. The summed E-state index contributed by atoms with van der Waals surface area (Å²) in [7, 11) is 1.82. The average molecular weight is 396 g/mol. The SMILES string of the molecule is CC(C)n1cc(-c2cc3c(=O)cc[nH]c3nc2-c2ccn(C)n2)cc(Cl)c1=O. The van der Waals surface area contributed by atoms with E-state index in [1.54, 1.807) is 33.8 Å². The van der Waals surface area contributed by atoms with E-state index < -0.39 is 0 Å². The van der Waals surface area contributed by atoms with Gasteiger partial charge in [0.15, 0.2) is 5.43 Å². The molecule has 0 fully saturated rings. The fourth-order valence-electron chi connectivity index (χ4n) is 3.15. The molecule has 0 aliphatic rings.